The van der Waals surface area contributed by atoms with Gasteiger partial charge < -0.3 is 4.74 Å². The van der Waals surface area contributed by atoms with Crippen molar-refractivity contribution in [3.63, 3.8) is 0 Å². The van der Waals surface area contributed by atoms with Gasteiger partial charge in [0.05, 0.1) is 11.6 Å². The Morgan fingerprint density at radius 2 is 1.91 bits per heavy atom. The molecule has 2 aliphatic carbocycles. The maximum Gasteiger partial charge on any atom is 0.166 e. The normalized spacial score (nSPS) is 24.2. The van der Waals surface area contributed by atoms with E-state index in [2.05, 4.69) is 26.0 Å². The van der Waals surface area contributed by atoms with Gasteiger partial charge in [-0.15, -0.1) is 0 Å². The summed E-state index contributed by atoms with van der Waals surface area (Å²) < 4.78 is 19.5. The van der Waals surface area contributed by atoms with Crippen LogP contribution in [0.2, 0.25) is 0 Å². The molecule has 2 saturated carbocycles. The van der Waals surface area contributed by atoms with Crippen LogP contribution < -0.4 is 4.74 Å². The van der Waals surface area contributed by atoms with Gasteiger partial charge in [-0.3, -0.25) is 0 Å². The molecule has 32 heavy (non-hydrogen) atoms. The average Bonchev–Trinajstić information content (AvgIpc) is 2.84. The Morgan fingerprint density at radius 3 is 2.53 bits per heavy atom. The second-order valence-electron chi connectivity index (χ2n) is 10.1. The van der Waals surface area contributed by atoms with Crippen molar-refractivity contribution in [3.8, 4) is 11.8 Å². The Bertz CT molecular complexity index is 766. The van der Waals surface area contributed by atoms with Crippen molar-refractivity contribution in [1.82, 2.24) is 0 Å². The lowest BCUT2D eigenvalue weighted by Crippen LogP contribution is -2.41. The van der Waals surface area contributed by atoms with Gasteiger partial charge in [0, 0.05) is 0 Å². The molecule has 0 aromatic heterocycles. The molecule has 0 N–H and O–H groups in total. The highest BCUT2D eigenvalue weighted by Crippen LogP contribution is 2.55. The minimum absolute atomic E-state index is 0.217. The molecule has 1 unspecified atom stereocenters. The third kappa shape index (κ3) is 6.15. The highest BCUT2D eigenvalue weighted by Gasteiger charge is 2.45. The molecule has 3 heteroatoms. The Balaban J connectivity index is 1.52. The molecule has 0 radical (unpaired) electrons. The number of benzene rings is 1. The first-order valence-electron chi connectivity index (χ1n) is 13.1. The van der Waals surface area contributed by atoms with Gasteiger partial charge in [0.25, 0.3) is 0 Å². The quantitative estimate of drug-likeness (QED) is 0.342. The Morgan fingerprint density at radius 1 is 1.16 bits per heavy atom. The smallest absolute Gasteiger partial charge is 0.166 e. The van der Waals surface area contributed by atoms with Gasteiger partial charge in [0.2, 0.25) is 0 Å². The van der Waals surface area contributed by atoms with E-state index in [1.807, 2.05) is 6.07 Å². The first-order chi connectivity index (χ1) is 15.6. The van der Waals surface area contributed by atoms with Crippen LogP contribution in [0.25, 0.3) is 0 Å². The first-order valence-corrected chi connectivity index (χ1v) is 13.1. The number of allylic oxidation sites excluding steroid dienone is 1. The van der Waals surface area contributed by atoms with Gasteiger partial charge in [0.1, 0.15) is 6.61 Å². The zero-order valence-electron chi connectivity index (χ0n) is 20.3. The van der Waals surface area contributed by atoms with E-state index in [1.165, 1.54) is 89.5 Å². The van der Waals surface area contributed by atoms with E-state index in [1.54, 1.807) is 12.1 Å². The van der Waals surface area contributed by atoms with Crippen molar-refractivity contribution < 1.29 is 9.13 Å². The summed E-state index contributed by atoms with van der Waals surface area (Å²) in [6, 6.07) is 6.31. The lowest BCUT2D eigenvalue weighted by atomic mass is 9.54. The second kappa shape index (κ2) is 12.4. The standard InChI is InChI=1S/C29H42FNO/c1-3-5-11-25(4-2)29(18-7-6-8-19-29)26-15-12-23(13-16-26)10-9-20-32-28-17-14-24(22-31)21-27(28)30/h9-10,14,17,21,23,25-26H,3-8,11-13,15-16,18-20H2,1-2H3/b10-9+/t23-,25?,26-. The van der Waals surface area contributed by atoms with Gasteiger partial charge in [-0.25, -0.2) is 4.39 Å². The third-order valence-corrected chi connectivity index (χ3v) is 8.39. The van der Waals surface area contributed by atoms with E-state index < -0.39 is 5.82 Å². The van der Waals surface area contributed by atoms with Crippen LogP contribution in [0.4, 0.5) is 4.39 Å². The van der Waals surface area contributed by atoms with Crippen LogP contribution in [0.5, 0.6) is 5.75 Å². The molecule has 2 aliphatic rings. The maximum atomic E-state index is 13.9. The fourth-order valence-corrected chi connectivity index (χ4v) is 6.67. The summed E-state index contributed by atoms with van der Waals surface area (Å²) >= 11 is 0. The molecule has 1 aromatic rings. The van der Waals surface area contributed by atoms with Gasteiger partial charge >= 0.3 is 0 Å². The van der Waals surface area contributed by atoms with Crippen LogP contribution >= 0.6 is 0 Å². The summed E-state index contributed by atoms with van der Waals surface area (Å²) in [5.41, 5.74) is 0.922. The Kier molecular flexibility index (Phi) is 9.64. The second-order valence-corrected chi connectivity index (χ2v) is 10.1. The van der Waals surface area contributed by atoms with Crippen molar-refractivity contribution in [2.45, 2.75) is 97.3 Å². The monoisotopic (exact) mass is 439 g/mol. The molecule has 176 valence electrons. The van der Waals surface area contributed by atoms with Crippen molar-refractivity contribution >= 4 is 0 Å². The third-order valence-electron chi connectivity index (χ3n) is 8.39. The van der Waals surface area contributed by atoms with Crippen LogP contribution in [0, 0.1) is 40.3 Å². The van der Waals surface area contributed by atoms with Crippen molar-refractivity contribution in [2.75, 3.05) is 6.61 Å². The van der Waals surface area contributed by atoms with Crippen LogP contribution in [-0.2, 0) is 0 Å². The average molecular weight is 440 g/mol. The highest BCUT2D eigenvalue weighted by atomic mass is 19.1. The minimum atomic E-state index is -0.468. The van der Waals surface area contributed by atoms with Gasteiger partial charge in [0.15, 0.2) is 11.6 Å². The summed E-state index contributed by atoms with van der Waals surface area (Å²) in [6.07, 6.45) is 22.3. The van der Waals surface area contributed by atoms with E-state index in [-0.39, 0.29) is 5.75 Å². The van der Waals surface area contributed by atoms with Crippen LogP contribution in [0.1, 0.15) is 103 Å². The Hall–Kier alpha value is -1.82. The number of nitrogens with zero attached hydrogens (tertiary/aromatic N) is 1. The van der Waals surface area contributed by atoms with Crippen LogP contribution in [0.15, 0.2) is 30.4 Å². The van der Waals surface area contributed by atoms with Crippen molar-refractivity contribution in [2.24, 2.45) is 23.2 Å². The molecule has 0 aliphatic heterocycles. The number of hydrogen-bond donors (Lipinski definition) is 0. The van der Waals surface area contributed by atoms with E-state index in [0.717, 1.165) is 11.8 Å². The van der Waals surface area contributed by atoms with E-state index in [9.17, 15) is 4.39 Å². The van der Waals surface area contributed by atoms with Gasteiger partial charge in [-0.05, 0) is 86.3 Å². The summed E-state index contributed by atoms with van der Waals surface area (Å²) in [4.78, 5) is 0. The fraction of sp³-hybridized carbons (Fsp3) is 0.690. The molecule has 0 amide bonds. The maximum absolute atomic E-state index is 13.9. The summed E-state index contributed by atoms with van der Waals surface area (Å²) in [6.45, 7) is 5.14. The molecule has 1 atom stereocenters. The molecule has 1 aromatic carbocycles. The predicted octanol–water partition coefficient (Wildman–Crippen LogP) is 8.61. The van der Waals surface area contributed by atoms with Crippen molar-refractivity contribution in [1.29, 1.82) is 5.26 Å². The summed E-state index contributed by atoms with van der Waals surface area (Å²) in [5, 5.41) is 8.84. The number of rotatable bonds is 10. The zero-order chi connectivity index (χ0) is 22.8. The Labute approximate surface area is 195 Å². The largest absolute Gasteiger partial charge is 0.486 e. The molecule has 2 nitrogen and oxygen atoms in total. The molecule has 3 rings (SSSR count). The number of halogens is 1. The van der Waals surface area contributed by atoms with E-state index >= 15 is 0 Å². The molecule has 2 fully saturated rings. The van der Waals surface area contributed by atoms with E-state index in [4.69, 9.17) is 10.00 Å². The predicted molar refractivity (Wildman–Crippen MR) is 130 cm³/mol. The van der Waals surface area contributed by atoms with Gasteiger partial charge in [-0.1, -0.05) is 64.5 Å². The first kappa shape index (κ1) is 24.8. The topological polar surface area (TPSA) is 33.0 Å². The van der Waals surface area contributed by atoms with Crippen LogP contribution in [-0.4, -0.2) is 6.61 Å². The number of nitriles is 1. The van der Waals surface area contributed by atoms with Crippen molar-refractivity contribution in [3.05, 3.63) is 41.7 Å². The number of unbranched alkanes of at least 4 members (excludes halogenated alkanes) is 1. The SMILES string of the molecule is CCCCC(CC)C1([C@H]2CC[C@H](/C=C/COc3ccc(C#N)cc3F)CC2)CCCCC1. The zero-order valence-corrected chi connectivity index (χ0v) is 20.3. The minimum Gasteiger partial charge on any atom is -0.486 e. The molecule has 0 spiro atoms. The van der Waals surface area contributed by atoms with Crippen LogP contribution in [0.3, 0.4) is 0 Å². The molecule has 0 saturated heterocycles. The molecule has 0 bridgehead atoms. The summed E-state index contributed by atoms with van der Waals surface area (Å²) in [7, 11) is 0. The number of hydrogen-bond acceptors (Lipinski definition) is 2. The molecule has 0 heterocycles. The lowest BCUT2D eigenvalue weighted by Gasteiger charge is -2.51. The summed E-state index contributed by atoms with van der Waals surface area (Å²) in [5.74, 6) is 2.18. The van der Waals surface area contributed by atoms with E-state index in [0.29, 0.717) is 23.5 Å². The number of ether oxygens (including phenoxy) is 1. The fourth-order valence-electron chi connectivity index (χ4n) is 6.67. The lowest BCUT2D eigenvalue weighted by molar-refractivity contribution is -0.00723. The molecular weight excluding hydrogens is 397 g/mol. The molecular formula is C29H42FNO. The van der Waals surface area contributed by atoms with Gasteiger partial charge in [-0.2, -0.15) is 5.26 Å². The highest BCUT2D eigenvalue weighted by molar-refractivity contribution is 5.36.